The van der Waals surface area contributed by atoms with Crippen LogP contribution in [0.4, 0.5) is 23.2 Å². The van der Waals surface area contributed by atoms with Gasteiger partial charge < -0.3 is 5.32 Å². The molecule has 1 unspecified atom stereocenters. The van der Waals surface area contributed by atoms with Crippen LogP contribution in [0.5, 0.6) is 0 Å². The van der Waals surface area contributed by atoms with E-state index in [9.17, 15) is 27.2 Å². The first kappa shape index (κ1) is 20.4. The quantitative estimate of drug-likeness (QED) is 0.592. The van der Waals surface area contributed by atoms with Crippen molar-refractivity contribution in [3.05, 3.63) is 51.7 Å². The standard InChI is InChI=1S/C18H17F4N3O2S/c1-2-3-10-7-16(27)25-12(9-28-17(25)24-10)8-15(26)23-11-4-5-14(19)13(6-11)18(20,21)22/h4-7,12H,2-3,8-9H2,1H3,(H,23,26). The number of fused-ring (bicyclic) bond motifs is 1. The molecule has 0 bridgehead atoms. The van der Waals surface area contributed by atoms with E-state index in [2.05, 4.69) is 10.3 Å². The van der Waals surface area contributed by atoms with Crippen LogP contribution in [0.1, 0.15) is 37.1 Å². The number of rotatable bonds is 5. The van der Waals surface area contributed by atoms with Gasteiger partial charge in [-0.2, -0.15) is 13.2 Å². The highest BCUT2D eigenvalue weighted by molar-refractivity contribution is 7.99. The third-order valence-corrected chi connectivity index (χ3v) is 5.32. The van der Waals surface area contributed by atoms with Gasteiger partial charge in [-0.15, -0.1) is 0 Å². The number of benzene rings is 1. The summed E-state index contributed by atoms with van der Waals surface area (Å²) in [4.78, 5) is 29.1. The van der Waals surface area contributed by atoms with E-state index in [1.54, 1.807) is 0 Å². The van der Waals surface area contributed by atoms with Crippen LogP contribution in [0.15, 0.2) is 34.2 Å². The number of amides is 1. The fraction of sp³-hybridized carbons (Fsp3) is 0.389. The molecule has 0 saturated heterocycles. The molecule has 1 amide bonds. The SMILES string of the molecule is CCCc1cc(=O)n2c(n1)SCC2CC(=O)Nc1ccc(F)c(C(F)(F)F)c1. The van der Waals surface area contributed by atoms with E-state index in [1.807, 2.05) is 6.92 Å². The molecule has 1 atom stereocenters. The molecule has 10 heteroatoms. The highest BCUT2D eigenvalue weighted by Crippen LogP contribution is 2.34. The third kappa shape index (κ3) is 4.37. The Labute approximate surface area is 162 Å². The molecule has 28 heavy (non-hydrogen) atoms. The largest absolute Gasteiger partial charge is 0.419 e. The number of alkyl halides is 3. The van der Waals surface area contributed by atoms with Crippen molar-refractivity contribution in [2.24, 2.45) is 0 Å². The lowest BCUT2D eigenvalue weighted by molar-refractivity contribution is -0.140. The maximum absolute atomic E-state index is 13.3. The first-order chi connectivity index (χ1) is 13.2. The van der Waals surface area contributed by atoms with Crippen LogP contribution in [-0.4, -0.2) is 21.2 Å². The first-order valence-corrected chi connectivity index (χ1v) is 9.59. The lowest BCUT2D eigenvalue weighted by Gasteiger charge is -2.14. The monoisotopic (exact) mass is 415 g/mol. The van der Waals surface area contributed by atoms with Gasteiger partial charge in [0.1, 0.15) is 5.82 Å². The molecule has 0 aliphatic carbocycles. The molecule has 2 aromatic rings. The Balaban J connectivity index is 1.74. The van der Waals surface area contributed by atoms with Crippen molar-refractivity contribution in [3.8, 4) is 0 Å². The van der Waals surface area contributed by atoms with E-state index in [4.69, 9.17) is 0 Å². The van der Waals surface area contributed by atoms with Gasteiger partial charge in [-0.25, -0.2) is 9.37 Å². The van der Waals surface area contributed by atoms with Gasteiger partial charge in [0, 0.05) is 29.6 Å². The molecule has 0 fully saturated rings. The third-order valence-electron chi connectivity index (χ3n) is 4.23. The van der Waals surface area contributed by atoms with Gasteiger partial charge in [-0.3, -0.25) is 14.2 Å². The van der Waals surface area contributed by atoms with E-state index in [-0.39, 0.29) is 17.7 Å². The fourth-order valence-electron chi connectivity index (χ4n) is 2.98. The molecule has 1 aromatic carbocycles. The van der Waals surface area contributed by atoms with Crippen LogP contribution in [0, 0.1) is 5.82 Å². The molecule has 1 aliphatic rings. The number of halogens is 4. The average Bonchev–Trinajstić information content (AvgIpc) is 2.99. The Bertz CT molecular complexity index is 959. The Morgan fingerprint density at radius 1 is 1.36 bits per heavy atom. The number of aryl methyl sites for hydroxylation is 1. The number of carbonyl (C=O) groups excluding carboxylic acids is 1. The first-order valence-electron chi connectivity index (χ1n) is 8.61. The summed E-state index contributed by atoms with van der Waals surface area (Å²) < 4.78 is 53.2. The van der Waals surface area contributed by atoms with Gasteiger partial charge in [-0.1, -0.05) is 25.1 Å². The molecular formula is C18H17F4N3O2S. The summed E-state index contributed by atoms with van der Waals surface area (Å²) in [5.74, 6) is -1.52. The van der Waals surface area contributed by atoms with Gasteiger partial charge in [0.15, 0.2) is 5.16 Å². The summed E-state index contributed by atoms with van der Waals surface area (Å²) in [7, 11) is 0. The average molecular weight is 415 g/mol. The Morgan fingerprint density at radius 3 is 2.79 bits per heavy atom. The second-order valence-corrected chi connectivity index (χ2v) is 7.38. The second-order valence-electron chi connectivity index (χ2n) is 6.40. The summed E-state index contributed by atoms with van der Waals surface area (Å²) in [6.45, 7) is 1.98. The van der Waals surface area contributed by atoms with Gasteiger partial charge >= 0.3 is 6.18 Å². The fourth-order valence-corrected chi connectivity index (χ4v) is 4.15. The highest BCUT2D eigenvalue weighted by Gasteiger charge is 2.34. The molecule has 5 nitrogen and oxygen atoms in total. The molecule has 3 rings (SSSR count). The Morgan fingerprint density at radius 2 is 2.11 bits per heavy atom. The number of carbonyl (C=O) groups is 1. The van der Waals surface area contributed by atoms with Crippen LogP contribution in [0.25, 0.3) is 0 Å². The molecule has 150 valence electrons. The van der Waals surface area contributed by atoms with E-state index in [1.165, 1.54) is 22.4 Å². The normalized spacial score (nSPS) is 16.1. The molecule has 0 radical (unpaired) electrons. The molecule has 2 heterocycles. The van der Waals surface area contributed by atoms with Gasteiger partial charge in [0.2, 0.25) is 5.91 Å². The maximum Gasteiger partial charge on any atom is 0.419 e. The summed E-state index contributed by atoms with van der Waals surface area (Å²) in [5, 5.41) is 2.88. The summed E-state index contributed by atoms with van der Waals surface area (Å²) in [5.41, 5.74) is -1.16. The predicted octanol–water partition coefficient (Wildman–Crippen LogP) is 4.03. The molecule has 1 aliphatic heterocycles. The van der Waals surface area contributed by atoms with Crippen molar-refractivity contribution >= 4 is 23.4 Å². The number of thioether (sulfide) groups is 1. The van der Waals surface area contributed by atoms with Crippen LogP contribution < -0.4 is 10.9 Å². The number of aromatic nitrogens is 2. The van der Waals surface area contributed by atoms with Gasteiger partial charge in [0.25, 0.3) is 5.56 Å². The lowest BCUT2D eigenvalue weighted by Crippen LogP contribution is -2.27. The summed E-state index contributed by atoms with van der Waals surface area (Å²) >= 11 is 1.36. The lowest BCUT2D eigenvalue weighted by atomic mass is 10.1. The minimum absolute atomic E-state index is 0.104. The maximum atomic E-state index is 13.3. The Kier molecular flexibility index (Phi) is 5.78. The number of anilines is 1. The van der Waals surface area contributed by atoms with Crippen molar-refractivity contribution in [1.29, 1.82) is 0 Å². The zero-order valence-electron chi connectivity index (χ0n) is 14.8. The van der Waals surface area contributed by atoms with Crippen LogP contribution in [0.2, 0.25) is 0 Å². The van der Waals surface area contributed by atoms with E-state index >= 15 is 0 Å². The van der Waals surface area contributed by atoms with Crippen LogP contribution in [-0.2, 0) is 17.4 Å². The molecule has 1 aromatic heterocycles. The highest BCUT2D eigenvalue weighted by atomic mass is 32.2. The zero-order valence-corrected chi connectivity index (χ0v) is 15.7. The van der Waals surface area contributed by atoms with Crippen molar-refractivity contribution in [2.75, 3.05) is 11.1 Å². The van der Waals surface area contributed by atoms with Gasteiger partial charge in [0.05, 0.1) is 11.6 Å². The van der Waals surface area contributed by atoms with Crippen LogP contribution >= 0.6 is 11.8 Å². The number of nitrogens with one attached hydrogen (secondary N) is 1. The van der Waals surface area contributed by atoms with Crippen LogP contribution in [0.3, 0.4) is 0 Å². The number of hydrogen-bond acceptors (Lipinski definition) is 4. The van der Waals surface area contributed by atoms with Crippen molar-refractivity contribution in [2.45, 2.75) is 43.6 Å². The Hall–Kier alpha value is -2.36. The second kappa shape index (κ2) is 7.94. The number of nitrogens with zero attached hydrogens (tertiary/aromatic N) is 2. The molecule has 0 spiro atoms. The van der Waals surface area contributed by atoms with E-state index < -0.39 is 29.5 Å². The minimum atomic E-state index is -4.86. The molecular weight excluding hydrogens is 398 g/mol. The van der Waals surface area contributed by atoms with E-state index in [0.29, 0.717) is 35.2 Å². The van der Waals surface area contributed by atoms with E-state index in [0.717, 1.165) is 12.5 Å². The van der Waals surface area contributed by atoms with Crippen molar-refractivity contribution < 1.29 is 22.4 Å². The van der Waals surface area contributed by atoms with Gasteiger partial charge in [-0.05, 0) is 24.6 Å². The summed E-state index contributed by atoms with van der Waals surface area (Å²) in [6.07, 6.45) is -3.43. The number of hydrogen-bond donors (Lipinski definition) is 1. The smallest absolute Gasteiger partial charge is 0.326 e. The predicted molar refractivity (Wildman–Crippen MR) is 96.9 cm³/mol. The topological polar surface area (TPSA) is 64.0 Å². The van der Waals surface area contributed by atoms with Crippen molar-refractivity contribution in [3.63, 3.8) is 0 Å². The molecule has 0 saturated carbocycles. The van der Waals surface area contributed by atoms with Crippen molar-refractivity contribution in [1.82, 2.24) is 9.55 Å². The summed E-state index contributed by atoms with van der Waals surface area (Å²) in [6, 6.07) is 3.26. The zero-order chi connectivity index (χ0) is 20.5. The molecule has 1 N–H and O–H groups in total. The minimum Gasteiger partial charge on any atom is -0.326 e.